The second kappa shape index (κ2) is 7.26. The average molecular weight is 295 g/mol. The summed E-state index contributed by atoms with van der Waals surface area (Å²) in [4.78, 5) is 0.780. The molecule has 106 valence electrons. The Kier molecular flexibility index (Phi) is 5.38. The number of hydrogen-bond acceptors (Lipinski definition) is 2. The van der Waals surface area contributed by atoms with Crippen LogP contribution >= 0.6 is 0 Å². The van der Waals surface area contributed by atoms with E-state index in [2.05, 4.69) is 5.32 Å². The third-order valence-electron chi connectivity index (χ3n) is 2.80. The quantitative estimate of drug-likeness (QED) is 0.830. The fourth-order valence-corrected chi connectivity index (χ4v) is 2.77. The Bertz CT molecular complexity index is 590. The number of benzene rings is 2. The van der Waals surface area contributed by atoms with Crippen molar-refractivity contribution in [1.29, 1.82) is 0 Å². The number of hydrogen-bond donors (Lipinski definition) is 1. The predicted octanol–water partition coefficient (Wildman–Crippen LogP) is 2.86. The van der Waals surface area contributed by atoms with Crippen molar-refractivity contribution in [2.75, 3.05) is 12.3 Å². The monoisotopic (exact) mass is 295 g/mol. The van der Waals surface area contributed by atoms with Crippen molar-refractivity contribution in [2.24, 2.45) is 0 Å². The van der Waals surface area contributed by atoms with E-state index in [1.54, 1.807) is 0 Å². The zero-order valence-corrected chi connectivity index (χ0v) is 11.6. The molecule has 2 aromatic carbocycles. The molecule has 20 heavy (non-hydrogen) atoms. The third kappa shape index (κ3) is 4.21. The minimum atomic E-state index is -1.07. The highest BCUT2D eigenvalue weighted by Crippen LogP contribution is 2.09. The van der Waals surface area contributed by atoms with Gasteiger partial charge in [-0.15, -0.1) is 0 Å². The summed E-state index contributed by atoms with van der Waals surface area (Å²) >= 11 is 0. The van der Waals surface area contributed by atoms with Gasteiger partial charge >= 0.3 is 0 Å². The van der Waals surface area contributed by atoms with Gasteiger partial charge in [0, 0.05) is 35.4 Å². The zero-order valence-electron chi connectivity index (χ0n) is 10.8. The molecule has 0 heterocycles. The van der Waals surface area contributed by atoms with Crippen LogP contribution in [0.5, 0.6) is 0 Å². The summed E-state index contributed by atoms with van der Waals surface area (Å²) in [5.74, 6) is -0.703. The Morgan fingerprint density at radius 3 is 2.50 bits per heavy atom. The Hall–Kier alpha value is -1.59. The predicted molar refractivity (Wildman–Crippen MR) is 75.8 cm³/mol. The van der Waals surface area contributed by atoms with Crippen molar-refractivity contribution < 1.29 is 13.0 Å². The highest BCUT2D eigenvalue weighted by atomic mass is 32.2. The summed E-state index contributed by atoms with van der Waals surface area (Å²) in [7, 11) is -1.07. The van der Waals surface area contributed by atoms with Crippen LogP contribution < -0.4 is 5.32 Å². The maximum absolute atomic E-state index is 13.4. The van der Waals surface area contributed by atoms with Crippen LogP contribution in [0.4, 0.5) is 8.78 Å². The van der Waals surface area contributed by atoms with E-state index in [0.29, 0.717) is 17.9 Å². The maximum Gasteiger partial charge on any atom is 0.130 e. The van der Waals surface area contributed by atoms with Crippen LogP contribution in [0.15, 0.2) is 53.4 Å². The van der Waals surface area contributed by atoms with Gasteiger partial charge in [0.15, 0.2) is 0 Å². The molecule has 0 amide bonds. The Labute approximate surface area is 119 Å². The molecule has 0 fully saturated rings. The smallest absolute Gasteiger partial charge is 0.130 e. The van der Waals surface area contributed by atoms with Crippen molar-refractivity contribution >= 4 is 10.8 Å². The lowest BCUT2D eigenvalue weighted by atomic mass is 10.2. The van der Waals surface area contributed by atoms with Crippen molar-refractivity contribution in [2.45, 2.75) is 11.4 Å². The van der Waals surface area contributed by atoms with E-state index < -0.39 is 22.4 Å². The van der Waals surface area contributed by atoms with E-state index in [1.165, 1.54) is 12.1 Å². The van der Waals surface area contributed by atoms with Crippen LogP contribution in [0.2, 0.25) is 0 Å². The molecule has 2 aromatic rings. The summed E-state index contributed by atoms with van der Waals surface area (Å²) in [5, 5.41) is 3.01. The average Bonchev–Trinajstić information content (AvgIpc) is 2.46. The van der Waals surface area contributed by atoms with Crippen LogP contribution in [0.1, 0.15) is 5.56 Å². The van der Waals surface area contributed by atoms with Crippen LogP contribution in [-0.2, 0) is 17.3 Å². The summed E-state index contributed by atoms with van der Waals surface area (Å²) in [6.07, 6.45) is 0. The molecule has 5 heteroatoms. The molecule has 0 saturated carbocycles. The van der Waals surface area contributed by atoms with E-state index in [1.807, 2.05) is 30.3 Å². The number of halogens is 2. The van der Waals surface area contributed by atoms with Gasteiger partial charge in [0.05, 0.1) is 10.8 Å². The molecule has 0 aliphatic carbocycles. The van der Waals surface area contributed by atoms with Crippen LogP contribution in [0, 0.1) is 11.6 Å². The first kappa shape index (κ1) is 14.8. The zero-order chi connectivity index (χ0) is 14.4. The lowest BCUT2D eigenvalue weighted by Gasteiger charge is -2.06. The van der Waals surface area contributed by atoms with Crippen molar-refractivity contribution in [3.8, 4) is 0 Å². The highest BCUT2D eigenvalue weighted by Gasteiger charge is 2.05. The van der Waals surface area contributed by atoms with Crippen molar-refractivity contribution in [3.63, 3.8) is 0 Å². The molecule has 0 unspecified atom stereocenters. The van der Waals surface area contributed by atoms with Crippen molar-refractivity contribution in [1.82, 2.24) is 5.32 Å². The van der Waals surface area contributed by atoms with Crippen LogP contribution in [0.3, 0.4) is 0 Å². The molecule has 2 nitrogen and oxygen atoms in total. The number of rotatable bonds is 6. The molecular formula is C15H15F2NOS. The highest BCUT2D eigenvalue weighted by molar-refractivity contribution is 7.85. The van der Waals surface area contributed by atoms with Gasteiger partial charge in [-0.1, -0.05) is 24.3 Å². The van der Waals surface area contributed by atoms with Gasteiger partial charge in [-0.2, -0.15) is 0 Å². The van der Waals surface area contributed by atoms with Gasteiger partial charge in [-0.05, 0) is 18.2 Å². The summed E-state index contributed by atoms with van der Waals surface area (Å²) in [6, 6.07) is 12.7. The summed E-state index contributed by atoms with van der Waals surface area (Å²) in [5.41, 5.74) is 0.400. The molecule has 0 radical (unpaired) electrons. The maximum atomic E-state index is 13.4. The Balaban J connectivity index is 1.78. The largest absolute Gasteiger partial charge is 0.312 e. The lowest BCUT2D eigenvalue weighted by Crippen LogP contribution is -2.20. The van der Waals surface area contributed by atoms with Crippen LogP contribution in [-0.4, -0.2) is 16.5 Å². The normalized spacial score (nSPS) is 12.3. The van der Waals surface area contributed by atoms with Gasteiger partial charge in [-0.25, -0.2) is 8.78 Å². The van der Waals surface area contributed by atoms with Crippen molar-refractivity contribution in [3.05, 3.63) is 65.7 Å². The molecule has 0 aliphatic rings. The molecule has 0 bridgehead atoms. The Morgan fingerprint density at radius 1 is 1.05 bits per heavy atom. The fourth-order valence-electron chi connectivity index (χ4n) is 1.74. The SMILES string of the molecule is O=[S@](CCNCc1ccc(F)cc1F)c1ccccc1. The van der Waals surface area contributed by atoms with E-state index in [0.717, 1.165) is 11.0 Å². The van der Waals surface area contributed by atoms with E-state index in [4.69, 9.17) is 0 Å². The molecule has 0 aliphatic heterocycles. The van der Waals surface area contributed by atoms with Gasteiger partial charge in [0.25, 0.3) is 0 Å². The molecule has 2 rings (SSSR count). The molecule has 0 spiro atoms. The lowest BCUT2D eigenvalue weighted by molar-refractivity contribution is 0.563. The minimum absolute atomic E-state index is 0.290. The molecular weight excluding hydrogens is 280 g/mol. The third-order valence-corrected chi connectivity index (χ3v) is 4.17. The molecule has 1 N–H and O–H groups in total. The Morgan fingerprint density at radius 2 is 1.80 bits per heavy atom. The first-order valence-electron chi connectivity index (χ1n) is 6.25. The summed E-state index contributed by atoms with van der Waals surface area (Å²) in [6.45, 7) is 0.788. The van der Waals surface area contributed by atoms with Gasteiger partial charge in [0.1, 0.15) is 11.6 Å². The first-order chi connectivity index (χ1) is 9.66. The second-order valence-corrected chi connectivity index (χ2v) is 5.85. The second-order valence-electron chi connectivity index (χ2n) is 4.28. The fraction of sp³-hybridized carbons (Fsp3) is 0.200. The van der Waals surface area contributed by atoms with E-state index in [9.17, 15) is 13.0 Å². The van der Waals surface area contributed by atoms with E-state index in [-0.39, 0.29) is 6.54 Å². The van der Waals surface area contributed by atoms with Gasteiger partial charge < -0.3 is 5.32 Å². The molecule has 0 saturated heterocycles. The first-order valence-corrected chi connectivity index (χ1v) is 7.57. The molecule has 0 aromatic heterocycles. The van der Waals surface area contributed by atoms with Gasteiger partial charge in [-0.3, -0.25) is 4.21 Å². The minimum Gasteiger partial charge on any atom is -0.312 e. The van der Waals surface area contributed by atoms with Crippen LogP contribution in [0.25, 0.3) is 0 Å². The topological polar surface area (TPSA) is 29.1 Å². The van der Waals surface area contributed by atoms with E-state index >= 15 is 0 Å². The summed E-state index contributed by atoms with van der Waals surface area (Å²) < 4.78 is 38.0. The standard InChI is InChI=1S/C15H15F2NOS/c16-13-7-6-12(15(17)10-13)11-18-8-9-20(19)14-4-2-1-3-5-14/h1-7,10,18H,8-9,11H2/t20-/m1/s1. The van der Waals surface area contributed by atoms with Gasteiger partial charge in [0.2, 0.25) is 0 Å². The number of nitrogens with one attached hydrogen (secondary N) is 1. The molecule has 1 atom stereocenters.